The number of piperidine rings is 1. The van der Waals surface area contributed by atoms with Crippen LogP contribution in [0.1, 0.15) is 50.9 Å². The predicted octanol–water partition coefficient (Wildman–Crippen LogP) is 5.83. The van der Waals surface area contributed by atoms with Gasteiger partial charge in [-0.3, -0.25) is 9.59 Å². The molecule has 4 heterocycles. The molecule has 2 aliphatic rings. The summed E-state index contributed by atoms with van der Waals surface area (Å²) in [6, 6.07) is 18.7. The molecule has 2 aromatic heterocycles. The van der Waals surface area contributed by atoms with E-state index in [9.17, 15) is 27.2 Å². The molecule has 0 radical (unpaired) electrons. The van der Waals surface area contributed by atoms with Gasteiger partial charge in [0, 0.05) is 39.3 Å². The Labute approximate surface area is 256 Å². The second kappa shape index (κ2) is 12.6. The van der Waals surface area contributed by atoms with Crippen LogP contribution in [0.4, 0.5) is 35.1 Å². The molecule has 0 atom stereocenters. The molecule has 2 amide bonds. The highest BCUT2D eigenvalue weighted by Crippen LogP contribution is 2.36. The Balaban J connectivity index is 1.08. The van der Waals surface area contributed by atoms with Crippen LogP contribution in [0, 0.1) is 5.82 Å². The number of alkyl halides is 3. The molecule has 0 bridgehead atoms. The van der Waals surface area contributed by atoms with Crippen LogP contribution in [0.3, 0.4) is 0 Å². The minimum absolute atomic E-state index is 0.0179. The van der Waals surface area contributed by atoms with Gasteiger partial charge in [-0.25, -0.2) is 9.37 Å². The van der Waals surface area contributed by atoms with Crippen molar-refractivity contribution in [3.05, 3.63) is 101 Å². The minimum Gasteiger partial charge on any atom is -0.417 e. The van der Waals surface area contributed by atoms with Crippen LogP contribution in [0.2, 0.25) is 0 Å². The Morgan fingerprint density at radius 2 is 1.53 bits per heavy atom. The Morgan fingerprint density at radius 1 is 0.844 bits per heavy atom. The number of hydrogen-bond donors (Lipinski definition) is 1. The number of nitrogens with zero attached hydrogens (tertiary/aromatic N) is 5. The molecule has 6 rings (SSSR count). The molecule has 45 heavy (non-hydrogen) atoms. The van der Waals surface area contributed by atoms with E-state index >= 15 is 0 Å². The average molecular weight is 623 g/mol. The van der Waals surface area contributed by atoms with Crippen LogP contribution in [-0.4, -0.2) is 66.0 Å². The number of benzene rings is 2. The molecule has 4 aromatic rings. The number of anilines is 3. The quantitative estimate of drug-likeness (QED) is 0.271. The number of hydrogen-bond acceptors (Lipinski definition) is 7. The molecule has 2 saturated heterocycles. The van der Waals surface area contributed by atoms with Crippen LogP contribution in [-0.2, 0) is 6.18 Å². The van der Waals surface area contributed by atoms with Crippen LogP contribution in [0.5, 0.6) is 0 Å². The lowest BCUT2D eigenvalue weighted by atomic mass is 9.90. The van der Waals surface area contributed by atoms with Crippen LogP contribution in [0.15, 0.2) is 77.3 Å². The van der Waals surface area contributed by atoms with Crippen LogP contribution >= 0.6 is 0 Å². The number of amides is 2. The third-order valence-electron chi connectivity index (χ3n) is 8.13. The lowest BCUT2D eigenvalue weighted by Gasteiger charge is -2.35. The van der Waals surface area contributed by atoms with Crippen molar-refractivity contribution < 1.29 is 31.6 Å². The van der Waals surface area contributed by atoms with E-state index in [0.29, 0.717) is 57.9 Å². The number of carbonyl (C=O) groups excluding carboxylic acids is 2. The minimum atomic E-state index is -4.89. The number of rotatable bonds is 6. The largest absolute Gasteiger partial charge is 0.437 e. The first-order chi connectivity index (χ1) is 21.7. The van der Waals surface area contributed by atoms with Gasteiger partial charge in [0.25, 0.3) is 17.8 Å². The second-order valence-corrected chi connectivity index (χ2v) is 11.0. The Morgan fingerprint density at radius 3 is 2.18 bits per heavy atom. The Hall–Kier alpha value is -4.94. The van der Waals surface area contributed by atoms with Gasteiger partial charge in [0.2, 0.25) is 5.76 Å². The van der Waals surface area contributed by atoms with Gasteiger partial charge >= 0.3 is 6.18 Å². The molecule has 2 aromatic carbocycles. The van der Waals surface area contributed by atoms with Crippen molar-refractivity contribution in [1.29, 1.82) is 0 Å². The fourth-order valence-corrected chi connectivity index (χ4v) is 5.70. The van der Waals surface area contributed by atoms with E-state index in [4.69, 9.17) is 4.42 Å². The van der Waals surface area contributed by atoms with Crippen molar-refractivity contribution in [2.75, 3.05) is 54.4 Å². The van der Waals surface area contributed by atoms with Crippen molar-refractivity contribution in [2.45, 2.75) is 24.9 Å². The number of piperazine rings is 1. The van der Waals surface area contributed by atoms with E-state index < -0.39 is 29.4 Å². The maximum atomic E-state index is 14.0. The summed E-state index contributed by atoms with van der Waals surface area (Å²) in [6.45, 7) is 2.47. The van der Waals surface area contributed by atoms with Gasteiger partial charge < -0.3 is 24.4 Å². The molecule has 0 saturated carbocycles. The maximum Gasteiger partial charge on any atom is 0.437 e. The zero-order valence-electron chi connectivity index (χ0n) is 24.1. The number of halogens is 4. The van der Waals surface area contributed by atoms with Gasteiger partial charge in [0.05, 0.1) is 17.4 Å². The molecule has 1 N–H and O–H groups in total. The smallest absolute Gasteiger partial charge is 0.417 e. The Kier molecular flexibility index (Phi) is 8.42. The van der Waals surface area contributed by atoms with E-state index in [-0.39, 0.29) is 29.1 Å². The summed E-state index contributed by atoms with van der Waals surface area (Å²) in [4.78, 5) is 38.8. The zero-order chi connectivity index (χ0) is 31.6. The second-order valence-electron chi connectivity index (χ2n) is 11.0. The van der Waals surface area contributed by atoms with Gasteiger partial charge in [-0.05, 0) is 48.6 Å². The molecule has 0 unspecified atom stereocenters. The number of aromatic nitrogens is 2. The molecule has 13 heteroatoms. The third-order valence-corrected chi connectivity index (χ3v) is 8.13. The van der Waals surface area contributed by atoms with Crippen molar-refractivity contribution >= 4 is 29.3 Å². The molecule has 2 fully saturated rings. The van der Waals surface area contributed by atoms with Crippen LogP contribution < -0.4 is 15.1 Å². The van der Waals surface area contributed by atoms with E-state index in [1.54, 1.807) is 21.9 Å². The first kappa shape index (κ1) is 30.1. The normalized spacial score (nSPS) is 16.1. The van der Waals surface area contributed by atoms with Gasteiger partial charge in [-0.1, -0.05) is 42.5 Å². The number of nitrogens with one attached hydrogen (secondary N) is 1. The van der Waals surface area contributed by atoms with E-state index in [1.165, 1.54) is 36.0 Å². The summed E-state index contributed by atoms with van der Waals surface area (Å²) in [5, 5.41) is 2.43. The monoisotopic (exact) mass is 622 g/mol. The summed E-state index contributed by atoms with van der Waals surface area (Å²) < 4.78 is 61.1. The van der Waals surface area contributed by atoms with Gasteiger partial charge in [-0.15, -0.1) is 0 Å². The average Bonchev–Trinajstić information content (AvgIpc) is 3.53. The summed E-state index contributed by atoms with van der Waals surface area (Å²) in [5.74, 6) is -2.12. The van der Waals surface area contributed by atoms with Gasteiger partial charge in [0.15, 0.2) is 5.69 Å². The molecular formula is C32H30F4N6O3. The molecule has 0 spiro atoms. The summed E-state index contributed by atoms with van der Waals surface area (Å²) in [7, 11) is 0. The topological polar surface area (TPSA) is 94.8 Å². The zero-order valence-corrected chi connectivity index (χ0v) is 24.1. The number of carbonyl (C=O) groups is 2. The van der Waals surface area contributed by atoms with Crippen molar-refractivity contribution in [3.63, 3.8) is 0 Å². The standard InChI is InChI=1S/C32H30F4N6O3/c33-25-9-5-4-8-24(25)30(44)41-18-16-40(17-19-41)26-11-10-23(20-37-26)38-29(43)27-28(32(34,35)36)39-31(45-27)42-14-12-22(13-15-42)21-6-2-1-3-7-21/h1-11,20,22H,12-19H2,(H,38,43). The van der Waals surface area contributed by atoms with Crippen molar-refractivity contribution in [2.24, 2.45) is 0 Å². The Bertz CT molecular complexity index is 1650. The number of oxazole rings is 1. The van der Waals surface area contributed by atoms with E-state index in [0.717, 1.165) is 0 Å². The third kappa shape index (κ3) is 6.61. The number of pyridine rings is 1. The lowest BCUT2D eigenvalue weighted by Crippen LogP contribution is -2.49. The molecule has 234 valence electrons. The predicted molar refractivity (Wildman–Crippen MR) is 159 cm³/mol. The summed E-state index contributed by atoms with van der Waals surface area (Å²) >= 11 is 0. The van der Waals surface area contributed by atoms with Crippen LogP contribution in [0.25, 0.3) is 0 Å². The first-order valence-electron chi connectivity index (χ1n) is 14.6. The van der Waals surface area contributed by atoms with E-state index in [2.05, 4.69) is 15.3 Å². The molecule has 9 nitrogen and oxygen atoms in total. The SMILES string of the molecule is O=C(Nc1ccc(N2CCN(C(=O)c3ccccc3F)CC2)nc1)c1oc(N2CCC(c3ccccc3)CC2)nc1C(F)(F)F. The highest BCUT2D eigenvalue weighted by Gasteiger charge is 2.42. The van der Waals surface area contributed by atoms with Crippen molar-refractivity contribution in [3.8, 4) is 0 Å². The highest BCUT2D eigenvalue weighted by molar-refractivity contribution is 6.03. The van der Waals surface area contributed by atoms with Crippen molar-refractivity contribution in [1.82, 2.24) is 14.9 Å². The molecule has 2 aliphatic heterocycles. The first-order valence-corrected chi connectivity index (χ1v) is 14.6. The van der Waals surface area contributed by atoms with Gasteiger partial charge in [-0.2, -0.15) is 18.2 Å². The fourth-order valence-electron chi connectivity index (χ4n) is 5.70. The van der Waals surface area contributed by atoms with Gasteiger partial charge in [0.1, 0.15) is 11.6 Å². The fraction of sp³-hybridized carbons (Fsp3) is 0.312. The molecular weight excluding hydrogens is 592 g/mol. The van der Waals surface area contributed by atoms with E-state index in [1.807, 2.05) is 35.2 Å². The highest BCUT2D eigenvalue weighted by atomic mass is 19.4. The maximum absolute atomic E-state index is 14.0. The lowest BCUT2D eigenvalue weighted by molar-refractivity contribution is -0.141. The molecule has 0 aliphatic carbocycles. The summed E-state index contributed by atoms with van der Waals surface area (Å²) in [6.07, 6.45) is -2.13. The summed E-state index contributed by atoms with van der Waals surface area (Å²) in [5.41, 5.74) is -0.0129.